The third-order valence-electron chi connectivity index (χ3n) is 4.71. The molecular weight excluding hydrogens is 290 g/mol. The minimum atomic E-state index is 0.727. The number of rotatable bonds is 6. The Kier molecular flexibility index (Phi) is 5.10. The second kappa shape index (κ2) is 7.25. The van der Waals surface area contributed by atoms with Crippen LogP contribution in [0.25, 0.3) is 11.0 Å². The van der Waals surface area contributed by atoms with Gasteiger partial charge in [-0.3, -0.25) is 4.68 Å². The standard InChI is InChI=1S/C17H27N5O/c1-4-15-19-16-14(11-18-21(16)2)17(20-15)22-9-5-7-13(12-22)8-6-10-23-3/h11,13H,4-10,12H2,1-3H3/t13-/m0/s1. The van der Waals surface area contributed by atoms with E-state index >= 15 is 0 Å². The molecule has 0 unspecified atom stereocenters. The minimum absolute atomic E-state index is 0.727. The molecule has 0 radical (unpaired) electrons. The lowest BCUT2D eigenvalue weighted by Crippen LogP contribution is -2.36. The Hall–Kier alpha value is -1.69. The van der Waals surface area contributed by atoms with Crippen LogP contribution in [-0.4, -0.2) is 46.6 Å². The quantitative estimate of drug-likeness (QED) is 0.767. The second-order valence-electron chi connectivity index (χ2n) is 6.41. The minimum Gasteiger partial charge on any atom is -0.385 e. The fraction of sp³-hybridized carbons (Fsp3) is 0.706. The summed E-state index contributed by atoms with van der Waals surface area (Å²) in [7, 11) is 3.72. The Morgan fingerprint density at radius 3 is 3.00 bits per heavy atom. The predicted octanol–water partition coefficient (Wildman–Crippen LogP) is 2.57. The molecule has 0 spiro atoms. The van der Waals surface area contributed by atoms with Gasteiger partial charge >= 0.3 is 0 Å². The Morgan fingerprint density at radius 1 is 1.35 bits per heavy atom. The van der Waals surface area contributed by atoms with Gasteiger partial charge in [-0.15, -0.1) is 0 Å². The fourth-order valence-corrected chi connectivity index (χ4v) is 3.46. The average molecular weight is 317 g/mol. The molecule has 2 aromatic heterocycles. The second-order valence-corrected chi connectivity index (χ2v) is 6.41. The van der Waals surface area contributed by atoms with E-state index in [9.17, 15) is 0 Å². The van der Waals surface area contributed by atoms with Gasteiger partial charge in [0.05, 0.1) is 11.6 Å². The normalized spacial score (nSPS) is 18.7. The molecule has 126 valence electrons. The maximum absolute atomic E-state index is 5.19. The van der Waals surface area contributed by atoms with Crippen LogP contribution in [0.5, 0.6) is 0 Å². The van der Waals surface area contributed by atoms with Gasteiger partial charge in [-0.2, -0.15) is 5.10 Å². The van der Waals surface area contributed by atoms with Crippen LogP contribution in [0.3, 0.4) is 0 Å². The first-order valence-corrected chi connectivity index (χ1v) is 8.65. The van der Waals surface area contributed by atoms with Crippen LogP contribution in [-0.2, 0) is 18.2 Å². The molecule has 0 amide bonds. The first kappa shape index (κ1) is 16.2. The van der Waals surface area contributed by atoms with Crippen LogP contribution in [0.4, 0.5) is 5.82 Å². The molecule has 3 rings (SSSR count). The van der Waals surface area contributed by atoms with Gasteiger partial charge in [-0.1, -0.05) is 6.92 Å². The third-order valence-corrected chi connectivity index (χ3v) is 4.71. The van der Waals surface area contributed by atoms with Gasteiger partial charge in [0.1, 0.15) is 11.6 Å². The molecule has 0 aliphatic carbocycles. The topological polar surface area (TPSA) is 56.1 Å². The first-order valence-electron chi connectivity index (χ1n) is 8.65. The molecule has 1 aliphatic heterocycles. The number of ether oxygens (including phenoxy) is 1. The summed E-state index contributed by atoms with van der Waals surface area (Å²) in [6.07, 6.45) is 7.65. The lowest BCUT2D eigenvalue weighted by molar-refractivity contribution is 0.184. The molecule has 0 N–H and O–H groups in total. The maximum atomic E-state index is 5.19. The van der Waals surface area contributed by atoms with Gasteiger partial charge < -0.3 is 9.64 Å². The van der Waals surface area contributed by atoms with Crippen molar-refractivity contribution in [2.45, 2.75) is 39.0 Å². The van der Waals surface area contributed by atoms with Gasteiger partial charge in [0.2, 0.25) is 0 Å². The third kappa shape index (κ3) is 3.47. The van der Waals surface area contributed by atoms with Crippen molar-refractivity contribution in [1.29, 1.82) is 0 Å². The molecule has 23 heavy (non-hydrogen) atoms. The van der Waals surface area contributed by atoms with E-state index in [2.05, 4.69) is 21.9 Å². The van der Waals surface area contributed by atoms with Crippen LogP contribution in [0.1, 0.15) is 38.4 Å². The largest absolute Gasteiger partial charge is 0.385 e. The summed E-state index contributed by atoms with van der Waals surface area (Å²) >= 11 is 0. The number of methoxy groups -OCH3 is 1. The monoisotopic (exact) mass is 317 g/mol. The number of fused-ring (bicyclic) bond motifs is 1. The molecular formula is C17H27N5O. The summed E-state index contributed by atoms with van der Waals surface area (Å²) in [5.74, 6) is 2.69. The zero-order valence-corrected chi connectivity index (χ0v) is 14.5. The molecule has 0 saturated carbocycles. The zero-order chi connectivity index (χ0) is 16.2. The average Bonchev–Trinajstić information content (AvgIpc) is 2.96. The van der Waals surface area contributed by atoms with E-state index in [4.69, 9.17) is 9.72 Å². The summed E-state index contributed by atoms with van der Waals surface area (Å²) in [5, 5.41) is 5.45. The highest BCUT2D eigenvalue weighted by atomic mass is 16.5. The van der Waals surface area contributed by atoms with Gasteiger partial charge in [-0.25, -0.2) is 9.97 Å². The van der Waals surface area contributed by atoms with E-state index in [0.717, 1.165) is 61.1 Å². The zero-order valence-electron chi connectivity index (χ0n) is 14.5. The summed E-state index contributed by atoms with van der Waals surface area (Å²) in [6.45, 7) is 5.11. The lowest BCUT2D eigenvalue weighted by Gasteiger charge is -2.34. The number of hydrogen-bond acceptors (Lipinski definition) is 5. The van der Waals surface area contributed by atoms with Crippen LogP contribution < -0.4 is 4.90 Å². The summed E-state index contributed by atoms with van der Waals surface area (Å²) in [4.78, 5) is 11.9. The molecule has 6 nitrogen and oxygen atoms in total. The van der Waals surface area contributed by atoms with E-state index in [1.54, 1.807) is 7.11 Å². The van der Waals surface area contributed by atoms with Crippen LogP contribution >= 0.6 is 0 Å². The van der Waals surface area contributed by atoms with Crippen molar-refractivity contribution in [2.75, 3.05) is 31.7 Å². The van der Waals surface area contributed by atoms with Gasteiger partial charge in [0, 0.05) is 40.3 Å². The lowest BCUT2D eigenvalue weighted by atomic mass is 9.93. The van der Waals surface area contributed by atoms with Crippen molar-refractivity contribution < 1.29 is 4.74 Å². The number of aryl methyl sites for hydroxylation is 2. The van der Waals surface area contributed by atoms with Crippen molar-refractivity contribution in [3.05, 3.63) is 12.0 Å². The number of hydrogen-bond donors (Lipinski definition) is 0. The molecule has 0 aromatic carbocycles. The highest BCUT2D eigenvalue weighted by molar-refractivity contribution is 5.87. The molecule has 0 bridgehead atoms. The number of aromatic nitrogens is 4. The van der Waals surface area contributed by atoms with Gasteiger partial charge in [0.25, 0.3) is 0 Å². The number of nitrogens with zero attached hydrogens (tertiary/aromatic N) is 5. The van der Waals surface area contributed by atoms with E-state index in [0.29, 0.717) is 0 Å². The number of anilines is 1. The van der Waals surface area contributed by atoms with E-state index in [1.807, 2.05) is 17.9 Å². The smallest absolute Gasteiger partial charge is 0.163 e. The highest BCUT2D eigenvalue weighted by Gasteiger charge is 2.23. The summed E-state index contributed by atoms with van der Waals surface area (Å²) < 4.78 is 7.04. The molecule has 3 heterocycles. The van der Waals surface area contributed by atoms with Gasteiger partial charge in [-0.05, 0) is 31.6 Å². The van der Waals surface area contributed by atoms with Crippen LogP contribution in [0.2, 0.25) is 0 Å². The molecule has 6 heteroatoms. The Bertz CT molecular complexity index is 654. The van der Waals surface area contributed by atoms with Crippen molar-refractivity contribution in [2.24, 2.45) is 13.0 Å². The van der Waals surface area contributed by atoms with Crippen molar-refractivity contribution in [3.63, 3.8) is 0 Å². The highest BCUT2D eigenvalue weighted by Crippen LogP contribution is 2.29. The van der Waals surface area contributed by atoms with Crippen molar-refractivity contribution in [1.82, 2.24) is 19.7 Å². The first-order chi connectivity index (χ1) is 11.2. The van der Waals surface area contributed by atoms with E-state index in [-0.39, 0.29) is 0 Å². The molecule has 1 aliphatic rings. The van der Waals surface area contributed by atoms with Gasteiger partial charge in [0.15, 0.2) is 5.65 Å². The van der Waals surface area contributed by atoms with Crippen LogP contribution in [0, 0.1) is 5.92 Å². The molecule has 1 fully saturated rings. The SMILES string of the molecule is CCc1nc(N2CCC[C@@H](CCCOC)C2)c2cnn(C)c2n1. The summed E-state index contributed by atoms with van der Waals surface area (Å²) in [5.41, 5.74) is 0.938. The van der Waals surface area contributed by atoms with E-state index < -0.39 is 0 Å². The molecule has 1 atom stereocenters. The number of piperidine rings is 1. The Labute approximate surface area is 137 Å². The van der Waals surface area contributed by atoms with Crippen molar-refractivity contribution >= 4 is 16.9 Å². The van der Waals surface area contributed by atoms with Crippen LogP contribution in [0.15, 0.2) is 6.20 Å². The van der Waals surface area contributed by atoms with Crippen molar-refractivity contribution in [3.8, 4) is 0 Å². The molecule has 2 aromatic rings. The summed E-state index contributed by atoms with van der Waals surface area (Å²) in [6, 6.07) is 0. The predicted molar refractivity (Wildman–Crippen MR) is 91.7 cm³/mol. The fourth-order valence-electron chi connectivity index (χ4n) is 3.46. The maximum Gasteiger partial charge on any atom is 0.163 e. The Balaban J connectivity index is 1.84. The van der Waals surface area contributed by atoms with E-state index in [1.165, 1.54) is 19.3 Å². The Morgan fingerprint density at radius 2 is 2.22 bits per heavy atom. The molecule has 1 saturated heterocycles.